The summed E-state index contributed by atoms with van der Waals surface area (Å²) >= 11 is 0. The third-order valence-electron chi connectivity index (χ3n) is 5.59. The van der Waals surface area contributed by atoms with Crippen LogP contribution in [-0.2, 0) is 16.0 Å². The molecule has 0 aliphatic heterocycles. The Morgan fingerprint density at radius 2 is 2.04 bits per heavy atom. The Labute approximate surface area is 165 Å². The molecular weight excluding hydrogens is 352 g/mol. The Morgan fingerprint density at radius 1 is 1.18 bits per heavy atom. The number of hydrogen-bond acceptors (Lipinski definition) is 4. The largest absolute Gasteiger partial charge is 0.493 e. The molecule has 28 heavy (non-hydrogen) atoms. The fraction of sp³-hybridized carbons (Fsp3) is 0.391. The molecule has 0 saturated heterocycles. The number of nitrogens with one attached hydrogen (secondary N) is 1. The Hall–Kier alpha value is -2.82. The summed E-state index contributed by atoms with van der Waals surface area (Å²) in [5.41, 5.74) is 4.26. The summed E-state index contributed by atoms with van der Waals surface area (Å²) in [7, 11) is 1.42. The van der Waals surface area contributed by atoms with Crippen LogP contribution in [0.5, 0.6) is 5.75 Å². The molecule has 1 aromatic heterocycles. The molecule has 5 nitrogen and oxygen atoms in total. The number of hydrogen-bond donors (Lipinski definition) is 1. The minimum Gasteiger partial charge on any atom is -0.493 e. The highest BCUT2D eigenvalue weighted by molar-refractivity contribution is 5.85. The molecule has 1 aliphatic rings. The van der Waals surface area contributed by atoms with Crippen LogP contribution in [0.1, 0.15) is 37.7 Å². The maximum absolute atomic E-state index is 11.5. The van der Waals surface area contributed by atoms with Crippen molar-refractivity contribution < 1.29 is 14.3 Å². The number of methoxy groups -OCH3 is 1. The van der Waals surface area contributed by atoms with Crippen molar-refractivity contribution in [1.82, 2.24) is 10.2 Å². The first-order valence-corrected chi connectivity index (χ1v) is 9.99. The summed E-state index contributed by atoms with van der Waals surface area (Å²) in [6, 6.07) is 12.5. The first kappa shape index (κ1) is 18.5. The molecule has 2 aromatic carbocycles. The van der Waals surface area contributed by atoms with E-state index in [4.69, 9.17) is 9.47 Å². The van der Waals surface area contributed by atoms with E-state index in [9.17, 15) is 4.79 Å². The van der Waals surface area contributed by atoms with E-state index in [1.54, 1.807) is 0 Å². The zero-order valence-electron chi connectivity index (χ0n) is 16.2. The monoisotopic (exact) mass is 378 g/mol. The topological polar surface area (TPSA) is 64.2 Å². The number of nitrogens with zero attached hydrogens (tertiary/aromatic N) is 1. The van der Waals surface area contributed by atoms with Crippen molar-refractivity contribution in [3.05, 3.63) is 48.2 Å². The third kappa shape index (κ3) is 4.19. The van der Waals surface area contributed by atoms with Crippen molar-refractivity contribution in [2.24, 2.45) is 5.92 Å². The van der Waals surface area contributed by atoms with E-state index in [1.165, 1.54) is 32.8 Å². The van der Waals surface area contributed by atoms with E-state index in [1.807, 2.05) is 24.4 Å². The quantitative estimate of drug-likeness (QED) is 0.594. The average Bonchev–Trinajstić information content (AvgIpc) is 3.41. The second-order valence-corrected chi connectivity index (χ2v) is 7.54. The highest BCUT2D eigenvalue weighted by Gasteiger charge is 2.17. The molecule has 3 aromatic rings. The highest BCUT2D eigenvalue weighted by atomic mass is 16.5. The van der Waals surface area contributed by atoms with Crippen molar-refractivity contribution in [2.45, 2.75) is 38.5 Å². The van der Waals surface area contributed by atoms with Crippen molar-refractivity contribution in [3.63, 3.8) is 0 Å². The molecular formula is C23H26N2O3. The number of benzene rings is 2. The maximum atomic E-state index is 11.5. The van der Waals surface area contributed by atoms with Crippen LogP contribution in [0.15, 0.2) is 42.6 Å². The van der Waals surface area contributed by atoms with E-state index in [-0.39, 0.29) is 5.97 Å². The lowest BCUT2D eigenvalue weighted by Gasteiger charge is -2.16. The summed E-state index contributed by atoms with van der Waals surface area (Å²) in [5, 5.41) is 8.18. The van der Waals surface area contributed by atoms with Gasteiger partial charge >= 0.3 is 5.97 Å². The molecule has 146 valence electrons. The summed E-state index contributed by atoms with van der Waals surface area (Å²) in [5.74, 6) is 1.36. The summed E-state index contributed by atoms with van der Waals surface area (Å²) in [4.78, 5) is 11.5. The van der Waals surface area contributed by atoms with Gasteiger partial charge in [0, 0.05) is 17.4 Å². The average molecular weight is 378 g/mol. The third-order valence-corrected chi connectivity index (χ3v) is 5.59. The number of aromatic amines is 1. The molecule has 0 radical (unpaired) electrons. The number of aromatic nitrogens is 2. The Balaban J connectivity index is 1.62. The van der Waals surface area contributed by atoms with Gasteiger partial charge < -0.3 is 9.47 Å². The molecule has 1 heterocycles. The second kappa shape index (κ2) is 8.46. The number of aryl methyl sites for hydroxylation is 1. The van der Waals surface area contributed by atoms with Gasteiger partial charge in [0.15, 0.2) is 0 Å². The van der Waals surface area contributed by atoms with Gasteiger partial charge in [0.05, 0.1) is 25.4 Å². The van der Waals surface area contributed by atoms with Crippen LogP contribution in [0.4, 0.5) is 0 Å². The van der Waals surface area contributed by atoms with Crippen LogP contribution in [-0.4, -0.2) is 29.9 Å². The van der Waals surface area contributed by atoms with Crippen LogP contribution in [0.25, 0.3) is 22.0 Å². The first-order valence-electron chi connectivity index (χ1n) is 9.99. The Kier molecular flexibility index (Phi) is 5.60. The van der Waals surface area contributed by atoms with Gasteiger partial charge in [-0.3, -0.25) is 9.89 Å². The molecule has 0 bridgehead atoms. The predicted octanol–water partition coefficient (Wildman–Crippen LogP) is 4.90. The number of H-pyrrole nitrogens is 1. The zero-order chi connectivity index (χ0) is 19.3. The minimum atomic E-state index is -0.192. The van der Waals surface area contributed by atoms with Crippen LogP contribution in [0.2, 0.25) is 0 Å². The molecule has 1 N–H and O–H groups in total. The van der Waals surface area contributed by atoms with Crippen molar-refractivity contribution >= 4 is 16.9 Å². The fourth-order valence-electron chi connectivity index (χ4n) is 3.93. The van der Waals surface area contributed by atoms with Gasteiger partial charge in [-0.1, -0.05) is 25.0 Å². The number of rotatable bonds is 7. The lowest BCUT2D eigenvalue weighted by molar-refractivity contribution is -0.140. The molecule has 0 unspecified atom stereocenters. The number of carbonyl (C=O) groups is 1. The molecule has 1 aliphatic carbocycles. The van der Waals surface area contributed by atoms with Crippen LogP contribution < -0.4 is 4.74 Å². The van der Waals surface area contributed by atoms with E-state index >= 15 is 0 Å². The SMILES string of the molecule is COC(=O)CCc1ccc(OCC2CCCC2)c(-c2ccc3[nH]ncc3c2)c1. The molecule has 0 spiro atoms. The van der Waals surface area contributed by atoms with Gasteiger partial charge in [-0.15, -0.1) is 0 Å². The number of esters is 1. The van der Waals surface area contributed by atoms with Crippen molar-refractivity contribution in [2.75, 3.05) is 13.7 Å². The minimum absolute atomic E-state index is 0.192. The lowest BCUT2D eigenvalue weighted by atomic mass is 9.98. The van der Waals surface area contributed by atoms with Crippen LogP contribution in [0.3, 0.4) is 0 Å². The standard InChI is InChI=1S/C23H26N2O3/c1-27-23(26)11-7-16-6-10-22(28-15-17-4-2-3-5-17)20(12-16)18-8-9-21-19(13-18)14-24-25-21/h6,8-10,12-14,17H,2-5,7,11,15H2,1H3,(H,24,25). The summed E-state index contributed by atoms with van der Waals surface area (Å²) in [6.07, 6.45) is 7.99. The zero-order valence-corrected chi connectivity index (χ0v) is 16.2. The van der Waals surface area contributed by atoms with Gasteiger partial charge in [-0.05, 0) is 60.6 Å². The molecule has 0 amide bonds. The predicted molar refractivity (Wildman–Crippen MR) is 109 cm³/mol. The van der Waals surface area contributed by atoms with E-state index in [0.717, 1.165) is 39.9 Å². The Bertz CT molecular complexity index is 957. The maximum Gasteiger partial charge on any atom is 0.305 e. The van der Waals surface area contributed by atoms with Crippen molar-refractivity contribution in [3.8, 4) is 16.9 Å². The van der Waals surface area contributed by atoms with Crippen molar-refractivity contribution in [1.29, 1.82) is 0 Å². The highest BCUT2D eigenvalue weighted by Crippen LogP contribution is 2.34. The second-order valence-electron chi connectivity index (χ2n) is 7.54. The lowest BCUT2D eigenvalue weighted by Crippen LogP contribution is -2.09. The van der Waals surface area contributed by atoms with E-state index < -0.39 is 0 Å². The number of fused-ring (bicyclic) bond motifs is 1. The molecule has 4 rings (SSSR count). The van der Waals surface area contributed by atoms with Gasteiger partial charge in [0.1, 0.15) is 5.75 Å². The Morgan fingerprint density at radius 3 is 2.86 bits per heavy atom. The molecule has 5 heteroatoms. The number of ether oxygens (including phenoxy) is 2. The van der Waals surface area contributed by atoms with Crippen LogP contribution in [0, 0.1) is 5.92 Å². The van der Waals surface area contributed by atoms with Gasteiger partial charge in [-0.2, -0.15) is 5.10 Å². The van der Waals surface area contributed by atoms with Gasteiger partial charge in [0.25, 0.3) is 0 Å². The van der Waals surface area contributed by atoms with Gasteiger partial charge in [-0.25, -0.2) is 0 Å². The van der Waals surface area contributed by atoms with E-state index in [0.29, 0.717) is 18.8 Å². The summed E-state index contributed by atoms with van der Waals surface area (Å²) in [6.45, 7) is 0.766. The molecule has 1 saturated carbocycles. The van der Waals surface area contributed by atoms with Crippen LogP contribution >= 0.6 is 0 Å². The normalized spacial score (nSPS) is 14.5. The smallest absolute Gasteiger partial charge is 0.305 e. The fourth-order valence-corrected chi connectivity index (χ4v) is 3.93. The van der Waals surface area contributed by atoms with E-state index in [2.05, 4.69) is 28.4 Å². The first-order chi connectivity index (χ1) is 13.7. The molecule has 0 atom stereocenters. The van der Waals surface area contributed by atoms with Gasteiger partial charge in [0.2, 0.25) is 0 Å². The summed E-state index contributed by atoms with van der Waals surface area (Å²) < 4.78 is 11.0. The number of carbonyl (C=O) groups excluding carboxylic acids is 1. The molecule has 1 fully saturated rings.